The zero-order chi connectivity index (χ0) is 28.1. The first-order chi connectivity index (χ1) is 19.5. The molecule has 4 heterocycles. The SMILES string of the molecule is COc1cc2nc(N3CCN(C(=O)c4ccco4)CC3)nc(N)c2cc1OC.NNc1nncc2ccccc12. The van der Waals surface area contributed by atoms with Gasteiger partial charge in [-0.25, -0.2) is 10.8 Å². The lowest BCUT2D eigenvalue weighted by Gasteiger charge is -2.34. The number of nitrogen functional groups attached to an aromatic ring is 2. The minimum atomic E-state index is -0.111. The number of amides is 1. The van der Waals surface area contributed by atoms with Gasteiger partial charge < -0.3 is 34.9 Å². The minimum Gasteiger partial charge on any atom is -0.493 e. The molecule has 0 radical (unpaired) electrons. The molecule has 5 aromatic rings. The molecule has 0 spiro atoms. The molecule has 206 valence electrons. The molecule has 0 saturated carbocycles. The lowest BCUT2D eigenvalue weighted by molar-refractivity contribution is 0.0714. The summed E-state index contributed by atoms with van der Waals surface area (Å²) in [5.74, 6) is 8.15. The van der Waals surface area contributed by atoms with E-state index in [4.69, 9.17) is 25.5 Å². The molecule has 1 aliphatic heterocycles. The predicted molar refractivity (Wildman–Crippen MR) is 151 cm³/mol. The Balaban J connectivity index is 0.000000223. The zero-order valence-electron chi connectivity index (χ0n) is 22.1. The number of ether oxygens (including phenoxy) is 2. The van der Waals surface area contributed by atoms with Crippen LogP contribution in [0.4, 0.5) is 17.6 Å². The summed E-state index contributed by atoms with van der Waals surface area (Å²) in [6.45, 7) is 2.30. The Bertz CT molecular complexity index is 1610. The Kier molecular flexibility index (Phi) is 7.73. The van der Waals surface area contributed by atoms with Crippen molar-refractivity contribution < 1.29 is 18.7 Å². The van der Waals surface area contributed by atoms with E-state index < -0.39 is 0 Å². The van der Waals surface area contributed by atoms with Crippen molar-refractivity contribution in [3.05, 3.63) is 66.8 Å². The van der Waals surface area contributed by atoms with Crippen molar-refractivity contribution in [3.8, 4) is 11.5 Å². The fourth-order valence-corrected chi connectivity index (χ4v) is 4.41. The van der Waals surface area contributed by atoms with Gasteiger partial charge in [0.1, 0.15) is 5.82 Å². The predicted octanol–water partition coefficient (Wildman–Crippen LogP) is 2.70. The van der Waals surface area contributed by atoms with Crippen LogP contribution in [-0.2, 0) is 0 Å². The number of fused-ring (bicyclic) bond motifs is 2. The number of carbonyl (C=O) groups excluding carboxylic acids is 1. The van der Waals surface area contributed by atoms with Crippen molar-refractivity contribution in [3.63, 3.8) is 0 Å². The summed E-state index contributed by atoms with van der Waals surface area (Å²) in [6.07, 6.45) is 3.20. The molecule has 0 atom stereocenters. The number of aromatic nitrogens is 4. The summed E-state index contributed by atoms with van der Waals surface area (Å²) in [5.41, 5.74) is 9.34. The van der Waals surface area contributed by atoms with Crippen LogP contribution in [0, 0.1) is 0 Å². The molecule has 1 saturated heterocycles. The van der Waals surface area contributed by atoms with E-state index in [9.17, 15) is 4.79 Å². The van der Waals surface area contributed by atoms with Gasteiger partial charge in [-0.05, 0) is 18.2 Å². The molecule has 13 nitrogen and oxygen atoms in total. The highest BCUT2D eigenvalue weighted by Crippen LogP contribution is 2.34. The summed E-state index contributed by atoms with van der Waals surface area (Å²) in [6, 6.07) is 14.7. The average molecular weight is 544 g/mol. The van der Waals surface area contributed by atoms with Crippen LogP contribution in [0.25, 0.3) is 21.7 Å². The first kappa shape index (κ1) is 26.4. The first-order valence-electron chi connectivity index (χ1n) is 12.5. The van der Waals surface area contributed by atoms with Crippen molar-refractivity contribution >= 4 is 45.2 Å². The topological polar surface area (TPSA) is 171 Å². The number of nitrogens with one attached hydrogen (secondary N) is 1. The number of piperazine rings is 1. The highest BCUT2D eigenvalue weighted by Gasteiger charge is 2.25. The third-order valence-electron chi connectivity index (χ3n) is 6.51. The van der Waals surface area contributed by atoms with Gasteiger partial charge >= 0.3 is 0 Å². The van der Waals surface area contributed by atoms with Crippen molar-refractivity contribution in [2.45, 2.75) is 0 Å². The third-order valence-corrected chi connectivity index (χ3v) is 6.51. The van der Waals surface area contributed by atoms with Gasteiger partial charge in [0.2, 0.25) is 5.95 Å². The quantitative estimate of drug-likeness (QED) is 0.219. The number of hydrazine groups is 1. The number of benzene rings is 2. The zero-order valence-corrected chi connectivity index (χ0v) is 22.1. The smallest absolute Gasteiger partial charge is 0.289 e. The van der Waals surface area contributed by atoms with Crippen LogP contribution < -0.4 is 31.4 Å². The Morgan fingerprint density at radius 1 is 0.975 bits per heavy atom. The number of methoxy groups -OCH3 is 2. The highest BCUT2D eigenvalue weighted by atomic mass is 16.5. The van der Waals surface area contributed by atoms with Crippen LogP contribution in [-0.4, -0.2) is 71.4 Å². The minimum absolute atomic E-state index is 0.111. The molecule has 3 aromatic heterocycles. The van der Waals surface area contributed by atoms with Crippen LogP contribution in [0.1, 0.15) is 10.6 Å². The van der Waals surface area contributed by atoms with Gasteiger partial charge in [0.05, 0.1) is 32.2 Å². The lowest BCUT2D eigenvalue weighted by Crippen LogP contribution is -2.49. The molecule has 0 bridgehead atoms. The Morgan fingerprint density at radius 2 is 1.73 bits per heavy atom. The van der Waals surface area contributed by atoms with Gasteiger partial charge in [-0.1, -0.05) is 24.3 Å². The van der Waals surface area contributed by atoms with Gasteiger partial charge in [0, 0.05) is 48.4 Å². The Morgan fingerprint density at radius 3 is 2.42 bits per heavy atom. The maximum atomic E-state index is 12.4. The Hall–Kier alpha value is -5.17. The van der Waals surface area contributed by atoms with Crippen LogP contribution >= 0.6 is 0 Å². The van der Waals surface area contributed by atoms with E-state index in [0.29, 0.717) is 71.9 Å². The summed E-state index contributed by atoms with van der Waals surface area (Å²) < 4.78 is 15.9. The summed E-state index contributed by atoms with van der Waals surface area (Å²) in [4.78, 5) is 25.3. The van der Waals surface area contributed by atoms with Gasteiger partial charge in [-0.2, -0.15) is 10.1 Å². The van der Waals surface area contributed by atoms with E-state index in [1.54, 1.807) is 49.6 Å². The van der Waals surface area contributed by atoms with E-state index in [0.717, 1.165) is 10.8 Å². The third kappa shape index (κ3) is 5.35. The van der Waals surface area contributed by atoms with E-state index in [2.05, 4.69) is 25.6 Å². The summed E-state index contributed by atoms with van der Waals surface area (Å²) in [5, 5.41) is 10.3. The van der Waals surface area contributed by atoms with Crippen molar-refractivity contribution in [1.29, 1.82) is 0 Å². The molecule has 6 rings (SSSR count). The van der Waals surface area contributed by atoms with Gasteiger partial charge in [0.15, 0.2) is 23.1 Å². The van der Waals surface area contributed by atoms with Crippen molar-refractivity contribution in [2.75, 3.05) is 56.5 Å². The van der Waals surface area contributed by atoms with E-state index in [1.807, 2.05) is 29.2 Å². The molecular formula is C27H29N9O4. The highest BCUT2D eigenvalue weighted by molar-refractivity contribution is 5.93. The van der Waals surface area contributed by atoms with Gasteiger partial charge in [0.25, 0.3) is 5.91 Å². The molecule has 0 aliphatic carbocycles. The lowest BCUT2D eigenvalue weighted by atomic mass is 10.2. The average Bonchev–Trinajstić information content (AvgIpc) is 3.55. The summed E-state index contributed by atoms with van der Waals surface area (Å²) in [7, 11) is 3.14. The maximum Gasteiger partial charge on any atom is 0.289 e. The number of anilines is 3. The molecule has 0 unspecified atom stereocenters. The van der Waals surface area contributed by atoms with Crippen LogP contribution in [0.2, 0.25) is 0 Å². The fourth-order valence-electron chi connectivity index (χ4n) is 4.41. The van der Waals surface area contributed by atoms with Crippen molar-refractivity contribution in [1.82, 2.24) is 25.1 Å². The number of carbonyl (C=O) groups is 1. The molecule has 13 heteroatoms. The number of nitrogens with two attached hydrogens (primary N) is 2. The molecule has 5 N–H and O–H groups in total. The van der Waals surface area contributed by atoms with Crippen molar-refractivity contribution in [2.24, 2.45) is 5.84 Å². The fraction of sp³-hybridized carbons (Fsp3) is 0.222. The molecule has 1 fully saturated rings. The molecule has 40 heavy (non-hydrogen) atoms. The van der Waals surface area contributed by atoms with E-state index in [1.165, 1.54) is 6.26 Å². The van der Waals surface area contributed by atoms with Gasteiger partial charge in [-0.3, -0.25) is 4.79 Å². The van der Waals surface area contributed by atoms with Crippen LogP contribution in [0.3, 0.4) is 0 Å². The first-order valence-corrected chi connectivity index (χ1v) is 12.5. The molecular weight excluding hydrogens is 514 g/mol. The van der Waals surface area contributed by atoms with Crippen LogP contribution in [0.5, 0.6) is 11.5 Å². The number of hydrogen-bond donors (Lipinski definition) is 3. The number of hydrogen-bond acceptors (Lipinski definition) is 12. The second-order valence-electron chi connectivity index (χ2n) is 8.81. The van der Waals surface area contributed by atoms with E-state index in [-0.39, 0.29) is 5.91 Å². The molecule has 2 aromatic carbocycles. The number of furan rings is 1. The second kappa shape index (κ2) is 11.7. The normalized spacial score (nSPS) is 13.1. The van der Waals surface area contributed by atoms with Crippen LogP contribution in [0.15, 0.2) is 65.4 Å². The Labute approximate surface area is 229 Å². The maximum absolute atomic E-state index is 12.4. The molecule has 1 aliphatic rings. The largest absolute Gasteiger partial charge is 0.493 e. The van der Waals surface area contributed by atoms with Gasteiger partial charge in [-0.15, -0.1) is 5.10 Å². The molecule has 1 amide bonds. The number of nitrogens with zero attached hydrogens (tertiary/aromatic N) is 6. The standard InChI is InChI=1S/C19H21N5O4.C8H8N4/c1-26-15-10-12-13(11-16(15)27-2)21-19(22-17(12)20)24-7-5-23(6-8-24)18(25)14-4-3-9-28-14;9-11-8-7-4-2-1-3-6(7)5-10-12-8/h3-4,9-11H,5-8H2,1-2H3,(H2,20,21,22);1-5H,9H2,(H,11,12). The summed E-state index contributed by atoms with van der Waals surface area (Å²) >= 11 is 0. The number of rotatable bonds is 5. The monoisotopic (exact) mass is 543 g/mol. The second-order valence-corrected chi connectivity index (χ2v) is 8.81. The van der Waals surface area contributed by atoms with E-state index >= 15 is 0 Å².